The number of benzene rings is 1. The van der Waals surface area contributed by atoms with E-state index in [1.54, 1.807) is 18.2 Å². The lowest BCUT2D eigenvalue weighted by atomic mass is 9.85. The van der Waals surface area contributed by atoms with Crippen molar-refractivity contribution in [1.29, 1.82) is 5.26 Å². The van der Waals surface area contributed by atoms with E-state index in [-0.39, 0.29) is 5.78 Å². The van der Waals surface area contributed by atoms with Crippen LogP contribution in [0.2, 0.25) is 0 Å². The number of allylic oxidation sites excluding steroid dienone is 2. The van der Waals surface area contributed by atoms with Gasteiger partial charge in [-0.05, 0) is 49.8 Å². The fourth-order valence-corrected chi connectivity index (χ4v) is 2.44. The molecule has 20 heavy (non-hydrogen) atoms. The third-order valence-electron chi connectivity index (χ3n) is 3.86. The molecule has 0 N–H and O–H groups in total. The van der Waals surface area contributed by atoms with Crippen LogP contribution in [0.5, 0.6) is 5.75 Å². The highest BCUT2D eigenvalue weighted by Gasteiger charge is 2.20. The summed E-state index contributed by atoms with van der Waals surface area (Å²) in [6.45, 7) is 4.32. The zero-order valence-electron chi connectivity index (χ0n) is 11.9. The third-order valence-corrected chi connectivity index (χ3v) is 3.86. The normalized spacial score (nSPS) is 21.2. The summed E-state index contributed by atoms with van der Waals surface area (Å²) in [4.78, 5) is 11.6. The fourth-order valence-electron chi connectivity index (χ4n) is 2.44. The number of ether oxygens (including phenoxy) is 1. The first-order valence-electron chi connectivity index (χ1n) is 6.94. The molecule has 0 radical (unpaired) electrons. The van der Waals surface area contributed by atoms with Gasteiger partial charge in [0.1, 0.15) is 5.75 Å². The predicted octanol–water partition coefficient (Wildman–Crippen LogP) is 3.74. The maximum absolute atomic E-state index is 11.6. The van der Waals surface area contributed by atoms with Crippen molar-refractivity contribution >= 4 is 5.78 Å². The van der Waals surface area contributed by atoms with E-state index in [1.165, 1.54) is 6.92 Å². The summed E-state index contributed by atoms with van der Waals surface area (Å²) in [6, 6.07) is 7.05. The average Bonchev–Trinajstić information content (AvgIpc) is 2.46. The lowest BCUT2D eigenvalue weighted by Gasteiger charge is -2.25. The molecule has 2 rings (SSSR count). The molecule has 1 aliphatic carbocycles. The van der Waals surface area contributed by atoms with Crippen molar-refractivity contribution in [2.75, 3.05) is 6.61 Å². The number of nitriles is 1. The summed E-state index contributed by atoms with van der Waals surface area (Å²) < 4.78 is 5.84. The van der Waals surface area contributed by atoms with Crippen molar-refractivity contribution in [2.45, 2.75) is 26.7 Å². The van der Waals surface area contributed by atoms with Gasteiger partial charge in [0.15, 0.2) is 5.78 Å². The highest BCUT2D eigenvalue weighted by atomic mass is 16.5. The van der Waals surface area contributed by atoms with Gasteiger partial charge in [-0.1, -0.05) is 19.1 Å². The van der Waals surface area contributed by atoms with E-state index in [0.717, 1.165) is 12.8 Å². The van der Waals surface area contributed by atoms with Crippen LogP contribution in [0.15, 0.2) is 30.4 Å². The first-order valence-corrected chi connectivity index (χ1v) is 6.94. The zero-order valence-corrected chi connectivity index (χ0v) is 11.9. The van der Waals surface area contributed by atoms with Crippen molar-refractivity contribution in [3.63, 3.8) is 0 Å². The van der Waals surface area contributed by atoms with E-state index in [1.807, 2.05) is 0 Å². The van der Waals surface area contributed by atoms with E-state index in [4.69, 9.17) is 10.00 Å². The molecule has 2 unspecified atom stereocenters. The van der Waals surface area contributed by atoms with E-state index in [9.17, 15) is 4.79 Å². The molecule has 0 spiro atoms. The second kappa shape index (κ2) is 6.38. The molecule has 0 aliphatic heterocycles. The number of rotatable bonds is 4. The van der Waals surface area contributed by atoms with Crippen molar-refractivity contribution in [1.82, 2.24) is 0 Å². The van der Waals surface area contributed by atoms with Crippen LogP contribution in [-0.4, -0.2) is 12.4 Å². The van der Waals surface area contributed by atoms with E-state index in [0.29, 0.717) is 35.3 Å². The molecular formula is C17H19NO2. The topological polar surface area (TPSA) is 50.1 Å². The Morgan fingerprint density at radius 3 is 2.80 bits per heavy atom. The van der Waals surface area contributed by atoms with Gasteiger partial charge in [0.2, 0.25) is 0 Å². The Morgan fingerprint density at radius 1 is 1.40 bits per heavy atom. The largest absolute Gasteiger partial charge is 0.492 e. The maximum Gasteiger partial charge on any atom is 0.163 e. The van der Waals surface area contributed by atoms with Crippen LogP contribution >= 0.6 is 0 Å². The molecule has 0 bridgehead atoms. The van der Waals surface area contributed by atoms with Gasteiger partial charge in [0.25, 0.3) is 0 Å². The SMILES string of the molecule is CC(=O)c1ccc(C#N)cc1OCC1CC=CCC1C. The molecule has 1 aromatic rings. The van der Waals surface area contributed by atoms with Gasteiger partial charge in [-0.15, -0.1) is 0 Å². The van der Waals surface area contributed by atoms with Crippen LogP contribution in [-0.2, 0) is 0 Å². The molecule has 0 saturated heterocycles. The minimum Gasteiger partial charge on any atom is -0.492 e. The van der Waals surface area contributed by atoms with Gasteiger partial charge in [-0.2, -0.15) is 5.26 Å². The van der Waals surface area contributed by atoms with Crippen molar-refractivity contribution in [3.05, 3.63) is 41.5 Å². The Bertz CT molecular complexity index is 569. The van der Waals surface area contributed by atoms with Gasteiger partial charge in [0, 0.05) is 0 Å². The van der Waals surface area contributed by atoms with Gasteiger partial charge in [-0.3, -0.25) is 4.79 Å². The van der Waals surface area contributed by atoms with Crippen LogP contribution in [0.4, 0.5) is 0 Å². The minimum atomic E-state index is -0.0407. The van der Waals surface area contributed by atoms with Crippen LogP contribution in [0, 0.1) is 23.2 Å². The van der Waals surface area contributed by atoms with E-state index < -0.39 is 0 Å². The lowest BCUT2D eigenvalue weighted by molar-refractivity contribution is 0.101. The molecule has 0 fully saturated rings. The third kappa shape index (κ3) is 3.27. The van der Waals surface area contributed by atoms with E-state index >= 15 is 0 Å². The first kappa shape index (κ1) is 14.3. The molecule has 0 aromatic heterocycles. The van der Waals surface area contributed by atoms with Gasteiger partial charge in [0.05, 0.1) is 23.8 Å². The monoisotopic (exact) mass is 269 g/mol. The maximum atomic E-state index is 11.6. The summed E-state index contributed by atoms with van der Waals surface area (Å²) in [5.41, 5.74) is 1.06. The first-order chi connectivity index (χ1) is 9.61. The lowest BCUT2D eigenvalue weighted by Crippen LogP contribution is -2.21. The fraction of sp³-hybridized carbons (Fsp3) is 0.412. The number of hydrogen-bond donors (Lipinski definition) is 0. The standard InChI is InChI=1S/C17H19NO2/c1-12-5-3-4-6-15(12)11-20-17-9-14(10-18)7-8-16(17)13(2)19/h3-4,7-9,12,15H,5-6,11H2,1-2H3. The minimum absolute atomic E-state index is 0.0407. The quantitative estimate of drug-likeness (QED) is 0.618. The van der Waals surface area contributed by atoms with Crippen LogP contribution in [0.25, 0.3) is 0 Å². The van der Waals surface area contributed by atoms with Crippen molar-refractivity contribution in [2.24, 2.45) is 11.8 Å². The molecule has 1 aromatic carbocycles. The molecule has 0 amide bonds. The molecule has 104 valence electrons. The molecular weight excluding hydrogens is 250 g/mol. The Kier molecular flexibility index (Phi) is 4.57. The zero-order chi connectivity index (χ0) is 14.5. The van der Waals surface area contributed by atoms with E-state index in [2.05, 4.69) is 25.1 Å². The van der Waals surface area contributed by atoms with Crippen LogP contribution < -0.4 is 4.74 Å². The number of hydrogen-bond acceptors (Lipinski definition) is 3. The van der Waals surface area contributed by atoms with Gasteiger partial charge in [-0.25, -0.2) is 0 Å². The summed E-state index contributed by atoms with van der Waals surface area (Å²) in [6.07, 6.45) is 6.48. The number of carbonyl (C=O) groups is 1. The highest BCUT2D eigenvalue weighted by molar-refractivity contribution is 5.97. The summed E-state index contributed by atoms with van der Waals surface area (Å²) in [7, 11) is 0. The molecule has 3 heteroatoms. The number of carbonyl (C=O) groups excluding carboxylic acids is 1. The Balaban J connectivity index is 2.13. The molecule has 3 nitrogen and oxygen atoms in total. The molecule has 2 atom stereocenters. The highest BCUT2D eigenvalue weighted by Crippen LogP contribution is 2.27. The van der Waals surface area contributed by atoms with Crippen molar-refractivity contribution < 1.29 is 9.53 Å². The van der Waals surface area contributed by atoms with Crippen LogP contribution in [0.3, 0.4) is 0 Å². The predicted molar refractivity (Wildman–Crippen MR) is 77.7 cm³/mol. The molecule has 1 aliphatic rings. The summed E-state index contributed by atoms with van der Waals surface area (Å²) in [5.74, 6) is 1.53. The summed E-state index contributed by atoms with van der Waals surface area (Å²) >= 11 is 0. The second-order valence-electron chi connectivity index (χ2n) is 5.37. The van der Waals surface area contributed by atoms with Crippen LogP contribution in [0.1, 0.15) is 42.6 Å². The molecule has 0 saturated carbocycles. The smallest absolute Gasteiger partial charge is 0.163 e. The Hall–Kier alpha value is -2.08. The summed E-state index contributed by atoms with van der Waals surface area (Å²) in [5, 5.41) is 8.95. The number of Topliss-reactive ketones (excluding diaryl/α,β-unsaturated/α-hetero) is 1. The van der Waals surface area contributed by atoms with Gasteiger partial charge >= 0.3 is 0 Å². The van der Waals surface area contributed by atoms with Crippen molar-refractivity contribution in [3.8, 4) is 11.8 Å². The number of nitrogens with zero attached hydrogens (tertiary/aromatic N) is 1. The van der Waals surface area contributed by atoms with Gasteiger partial charge < -0.3 is 4.74 Å². The number of ketones is 1. The molecule has 0 heterocycles. The second-order valence-corrected chi connectivity index (χ2v) is 5.37. The average molecular weight is 269 g/mol. The Morgan fingerprint density at radius 2 is 2.15 bits per heavy atom. The Labute approximate surface area is 119 Å².